The van der Waals surface area contributed by atoms with E-state index < -0.39 is 0 Å². The number of nitrogens with zero attached hydrogens (tertiary/aromatic N) is 1. The molecule has 110 valence electrons. The van der Waals surface area contributed by atoms with Gasteiger partial charge < -0.3 is 19.9 Å². The van der Waals surface area contributed by atoms with E-state index in [1.54, 1.807) is 14.2 Å². The van der Waals surface area contributed by atoms with Gasteiger partial charge in [-0.1, -0.05) is 6.07 Å². The minimum Gasteiger partial charge on any atom is -0.493 e. The first kappa shape index (κ1) is 14.6. The van der Waals surface area contributed by atoms with Crippen molar-refractivity contribution in [2.75, 3.05) is 33.9 Å². The molecule has 0 amide bonds. The number of amidine groups is 1. The lowest BCUT2D eigenvalue weighted by molar-refractivity contribution is 0.00234. The van der Waals surface area contributed by atoms with Crippen LogP contribution in [0.15, 0.2) is 18.2 Å². The highest BCUT2D eigenvalue weighted by Crippen LogP contribution is 2.28. The molecular weight excluding hydrogens is 258 g/mol. The predicted molar refractivity (Wildman–Crippen MR) is 76.5 cm³/mol. The highest BCUT2D eigenvalue weighted by atomic mass is 16.5. The van der Waals surface area contributed by atoms with Gasteiger partial charge in [-0.2, -0.15) is 0 Å². The molecule has 20 heavy (non-hydrogen) atoms. The Kier molecular flexibility index (Phi) is 4.81. The van der Waals surface area contributed by atoms with Crippen molar-refractivity contribution in [2.45, 2.75) is 12.6 Å². The van der Waals surface area contributed by atoms with Gasteiger partial charge in [0.1, 0.15) is 11.9 Å². The molecule has 1 aromatic carbocycles. The molecule has 0 spiro atoms. The Morgan fingerprint density at radius 1 is 1.40 bits per heavy atom. The SMILES string of the molecule is COc1ccc(CN2CCOC(C(=N)N)C2)cc1OC. The second kappa shape index (κ2) is 6.58. The zero-order chi connectivity index (χ0) is 14.5. The standard InChI is InChI=1S/C14H21N3O3/c1-18-11-4-3-10(7-12(11)19-2)8-17-5-6-20-13(9-17)14(15)16/h3-4,7,13H,5-6,8-9H2,1-2H3,(H3,15,16). The monoisotopic (exact) mass is 279 g/mol. The largest absolute Gasteiger partial charge is 0.493 e. The fraction of sp³-hybridized carbons (Fsp3) is 0.500. The van der Waals surface area contributed by atoms with Crippen LogP contribution in [-0.2, 0) is 11.3 Å². The molecule has 6 heteroatoms. The Balaban J connectivity index is 2.04. The van der Waals surface area contributed by atoms with Crippen molar-refractivity contribution < 1.29 is 14.2 Å². The summed E-state index contributed by atoms with van der Waals surface area (Å²) in [6.07, 6.45) is -0.302. The van der Waals surface area contributed by atoms with Crippen LogP contribution in [0.3, 0.4) is 0 Å². The van der Waals surface area contributed by atoms with Crippen LogP contribution in [0.5, 0.6) is 11.5 Å². The first-order chi connectivity index (χ1) is 9.63. The zero-order valence-electron chi connectivity index (χ0n) is 11.9. The molecule has 1 saturated heterocycles. The van der Waals surface area contributed by atoms with E-state index >= 15 is 0 Å². The molecule has 1 heterocycles. The number of benzene rings is 1. The van der Waals surface area contributed by atoms with Crippen LogP contribution >= 0.6 is 0 Å². The van der Waals surface area contributed by atoms with Gasteiger partial charge in [-0.15, -0.1) is 0 Å². The Morgan fingerprint density at radius 3 is 2.80 bits per heavy atom. The van der Waals surface area contributed by atoms with E-state index in [1.807, 2.05) is 18.2 Å². The minimum atomic E-state index is -0.302. The van der Waals surface area contributed by atoms with Crippen molar-refractivity contribution in [2.24, 2.45) is 5.73 Å². The fourth-order valence-corrected chi connectivity index (χ4v) is 2.27. The number of nitrogens with two attached hydrogens (primary N) is 1. The molecule has 1 aromatic rings. The number of hydrogen-bond acceptors (Lipinski definition) is 5. The highest BCUT2D eigenvalue weighted by molar-refractivity contribution is 5.82. The maximum absolute atomic E-state index is 7.47. The number of methoxy groups -OCH3 is 2. The third-order valence-electron chi connectivity index (χ3n) is 3.35. The lowest BCUT2D eigenvalue weighted by Gasteiger charge is -2.32. The van der Waals surface area contributed by atoms with E-state index in [4.69, 9.17) is 25.4 Å². The van der Waals surface area contributed by atoms with Crippen LogP contribution in [0.2, 0.25) is 0 Å². The van der Waals surface area contributed by atoms with Crippen LogP contribution in [0.25, 0.3) is 0 Å². The molecule has 1 aliphatic heterocycles. The third-order valence-corrected chi connectivity index (χ3v) is 3.35. The molecule has 0 aliphatic carbocycles. The summed E-state index contributed by atoms with van der Waals surface area (Å²) >= 11 is 0. The van der Waals surface area contributed by atoms with Crippen LogP contribution in [0.4, 0.5) is 0 Å². The Morgan fingerprint density at radius 2 is 2.15 bits per heavy atom. The van der Waals surface area contributed by atoms with Crippen molar-refractivity contribution in [1.82, 2.24) is 4.90 Å². The molecule has 2 rings (SSSR count). The first-order valence-corrected chi connectivity index (χ1v) is 6.52. The zero-order valence-corrected chi connectivity index (χ0v) is 11.9. The Bertz CT molecular complexity index is 479. The maximum Gasteiger partial charge on any atom is 0.161 e. The van der Waals surface area contributed by atoms with Crippen LogP contribution in [0.1, 0.15) is 5.56 Å². The molecule has 1 unspecified atom stereocenters. The number of hydrogen-bond donors (Lipinski definition) is 2. The lowest BCUT2D eigenvalue weighted by atomic mass is 10.1. The van der Waals surface area contributed by atoms with Gasteiger partial charge in [-0.3, -0.25) is 10.3 Å². The van der Waals surface area contributed by atoms with E-state index in [0.717, 1.165) is 30.2 Å². The smallest absolute Gasteiger partial charge is 0.161 e. The van der Waals surface area contributed by atoms with Crippen molar-refractivity contribution in [3.8, 4) is 11.5 Å². The average molecular weight is 279 g/mol. The minimum absolute atomic E-state index is 0.0852. The molecule has 1 atom stereocenters. The first-order valence-electron chi connectivity index (χ1n) is 6.52. The van der Waals surface area contributed by atoms with Gasteiger partial charge in [0.2, 0.25) is 0 Å². The van der Waals surface area contributed by atoms with Crippen LogP contribution < -0.4 is 15.2 Å². The van der Waals surface area contributed by atoms with Crippen molar-refractivity contribution in [1.29, 1.82) is 5.41 Å². The van der Waals surface area contributed by atoms with Crippen molar-refractivity contribution >= 4 is 5.84 Å². The van der Waals surface area contributed by atoms with Gasteiger partial charge in [-0.25, -0.2) is 0 Å². The summed E-state index contributed by atoms with van der Waals surface area (Å²) in [5, 5.41) is 7.47. The Labute approximate surface area is 118 Å². The van der Waals surface area contributed by atoms with E-state index in [2.05, 4.69) is 4.90 Å². The molecule has 1 fully saturated rings. The number of ether oxygens (including phenoxy) is 3. The molecule has 0 bridgehead atoms. The van der Waals surface area contributed by atoms with Gasteiger partial charge in [-0.05, 0) is 17.7 Å². The maximum atomic E-state index is 7.47. The molecule has 6 nitrogen and oxygen atoms in total. The van der Waals surface area contributed by atoms with E-state index in [1.165, 1.54) is 0 Å². The topological polar surface area (TPSA) is 80.8 Å². The van der Waals surface area contributed by atoms with Gasteiger partial charge in [0.25, 0.3) is 0 Å². The van der Waals surface area contributed by atoms with Crippen LogP contribution in [0, 0.1) is 5.41 Å². The lowest BCUT2D eigenvalue weighted by Crippen LogP contribution is -2.47. The van der Waals surface area contributed by atoms with Gasteiger partial charge in [0, 0.05) is 19.6 Å². The fourth-order valence-electron chi connectivity index (χ4n) is 2.27. The summed E-state index contributed by atoms with van der Waals surface area (Å²) in [6, 6.07) is 5.88. The molecule has 0 aromatic heterocycles. The normalized spacial score (nSPS) is 19.6. The van der Waals surface area contributed by atoms with Crippen LogP contribution in [-0.4, -0.2) is 50.8 Å². The van der Waals surface area contributed by atoms with E-state index in [9.17, 15) is 0 Å². The summed E-state index contributed by atoms with van der Waals surface area (Å²) in [5.74, 6) is 1.53. The molecule has 0 saturated carbocycles. The summed E-state index contributed by atoms with van der Waals surface area (Å²) in [5.41, 5.74) is 6.63. The summed E-state index contributed by atoms with van der Waals surface area (Å²) in [4.78, 5) is 2.22. The number of rotatable bonds is 5. The number of nitrogens with one attached hydrogen (secondary N) is 1. The van der Waals surface area contributed by atoms with Crippen molar-refractivity contribution in [3.63, 3.8) is 0 Å². The second-order valence-corrected chi connectivity index (χ2v) is 4.74. The summed E-state index contributed by atoms with van der Waals surface area (Å²) in [7, 11) is 3.25. The van der Waals surface area contributed by atoms with E-state index in [-0.39, 0.29) is 11.9 Å². The quantitative estimate of drug-likeness (QED) is 0.616. The van der Waals surface area contributed by atoms with Gasteiger partial charge >= 0.3 is 0 Å². The molecule has 1 aliphatic rings. The summed E-state index contributed by atoms with van der Waals surface area (Å²) in [6.45, 7) is 2.84. The second-order valence-electron chi connectivity index (χ2n) is 4.74. The molecular formula is C14H21N3O3. The molecule has 0 radical (unpaired) electrons. The predicted octanol–water partition coefficient (Wildman–Crippen LogP) is 0.841. The van der Waals surface area contributed by atoms with Gasteiger partial charge in [0.05, 0.1) is 20.8 Å². The summed E-state index contributed by atoms with van der Waals surface area (Å²) < 4.78 is 16.0. The van der Waals surface area contributed by atoms with Crippen molar-refractivity contribution in [3.05, 3.63) is 23.8 Å². The number of morpholine rings is 1. The molecule has 3 N–H and O–H groups in total. The van der Waals surface area contributed by atoms with Gasteiger partial charge in [0.15, 0.2) is 11.5 Å². The average Bonchev–Trinajstić information content (AvgIpc) is 2.47. The Hall–Kier alpha value is -1.79. The third kappa shape index (κ3) is 3.40. The highest BCUT2D eigenvalue weighted by Gasteiger charge is 2.22. The van der Waals surface area contributed by atoms with E-state index in [0.29, 0.717) is 13.2 Å².